The molecule has 1 aliphatic carbocycles. The molecule has 0 spiro atoms. The summed E-state index contributed by atoms with van der Waals surface area (Å²) in [6.07, 6.45) is 7.73. The Hall–Kier alpha value is -9.12. The topological polar surface area (TPSA) is 67.3 Å². The molecule has 334 valence electrons. The Morgan fingerprint density at radius 3 is 1.37 bits per heavy atom. The maximum Gasteiger partial charge on any atom is 0.0849 e. The van der Waals surface area contributed by atoms with E-state index in [1.54, 1.807) is 0 Å². The predicted molar refractivity (Wildman–Crippen MR) is 298 cm³/mol. The normalized spacial score (nSPS) is 14.4. The van der Waals surface area contributed by atoms with Gasteiger partial charge in [-0.3, -0.25) is 0 Å². The molecule has 11 aromatic carbocycles. The fraction of sp³-hybridized carbons (Fsp3) is 0.0303. The van der Waals surface area contributed by atoms with Gasteiger partial charge in [0, 0.05) is 56.0 Å². The molecule has 0 aromatic heterocycles. The molecule has 1 unspecified atom stereocenters. The van der Waals surface area contributed by atoms with E-state index in [1.165, 1.54) is 16.3 Å². The van der Waals surface area contributed by atoms with Crippen LogP contribution in [-0.2, 0) is 5.54 Å². The minimum atomic E-state index is -0.489. The summed E-state index contributed by atoms with van der Waals surface area (Å²) < 4.78 is 0. The lowest BCUT2D eigenvalue weighted by Crippen LogP contribution is -2.35. The number of anilines is 5. The highest BCUT2D eigenvalue weighted by molar-refractivity contribution is 6.04. The summed E-state index contributed by atoms with van der Waals surface area (Å²) in [5, 5.41) is 10.8. The van der Waals surface area contributed by atoms with Crippen LogP contribution in [0.4, 0.5) is 28.4 Å². The Kier molecular flexibility index (Phi) is 10.8. The van der Waals surface area contributed by atoms with Crippen LogP contribution >= 0.6 is 0 Å². The van der Waals surface area contributed by atoms with E-state index in [0.717, 1.165) is 107 Å². The van der Waals surface area contributed by atoms with E-state index < -0.39 is 5.54 Å². The van der Waals surface area contributed by atoms with Gasteiger partial charge in [-0.2, -0.15) is 0 Å². The minimum absolute atomic E-state index is 0.489. The molecule has 12 rings (SSSR count). The van der Waals surface area contributed by atoms with E-state index in [9.17, 15) is 0 Å². The quantitative estimate of drug-likeness (QED) is 0.120. The van der Waals surface area contributed by atoms with Crippen LogP contribution in [0.2, 0.25) is 0 Å². The lowest BCUT2D eigenvalue weighted by molar-refractivity contribution is 0.614. The standard InChI is InChI=1S/C66H50N4/c67-64-58-22-8-6-15-46(58)31-38-62(64)60-24-12-10-20-56(60)48-27-34-53(35-28-48)70(54-36-29-49(30-37-54)57-21-11-13-25-61(57)63-39-32-47-16-7-9-23-59(47)65(63)68)55-40-42-66(43-41-55,69-52-18-2-1-3-19-52)51-33-26-45-14-4-5-17-50(45)44-51/h1-42,44,69H,43,67-68H2. The average Bonchev–Trinajstić information content (AvgIpc) is 3.42. The zero-order valence-corrected chi connectivity index (χ0v) is 38.6. The van der Waals surface area contributed by atoms with Crippen molar-refractivity contribution in [2.24, 2.45) is 0 Å². The Bertz CT molecular complexity index is 3620. The molecule has 0 radical (unpaired) electrons. The molecule has 0 fully saturated rings. The molecule has 0 heterocycles. The van der Waals surface area contributed by atoms with Crippen molar-refractivity contribution >= 4 is 60.8 Å². The van der Waals surface area contributed by atoms with E-state index in [2.05, 4.69) is 259 Å². The zero-order valence-electron chi connectivity index (χ0n) is 38.6. The molecule has 70 heavy (non-hydrogen) atoms. The molecule has 4 heteroatoms. The van der Waals surface area contributed by atoms with E-state index in [-0.39, 0.29) is 0 Å². The SMILES string of the molecule is Nc1c(-c2ccccc2-c2ccc(N(C3=CCC(Nc4ccccc4)(c4ccc5ccccc5c4)C=C3)c3ccc(-c4ccccc4-c4ccc5ccccc5c4N)cc3)cc2)ccc2ccccc12. The number of fused-ring (bicyclic) bond motifs is 3. The average molecular weight is 899 g/mol. The summed E-state index contributed by atoms with van der Waals surface area (Å²) in [6.45, 7) is 0. The van der Waals surface area contributed by atoms with Gasteiger partial charge in [-0.25, -0.2) is 0 Å². The van der Waals surface area contributed by atoms with Crippen LogP contribution in [-0.4, -0.2) is 0 Å². The Morgan fingerprint density at radius 1 is 0.386 bits per heavy atom. The smallest absolute Gasteiger partial charge is 0.0849 e. The Balaban J connectivity index is 0.946. The first kappa shape index (κ1) is 42.2. The van der Waals surface area contributed by atoms with Gasteiger partial charge in [-0.05, 0) is 115 Å². The van der Waals surface area contributed by atoms with E-state index in [1.807, 2.05) is 12.1 Å². The maximum atomic E-state index is 6.92. The molecule has 11 aromatic rings. The van der Waals surface area contributed by atoms with Gasteiger partial charge < -0.3 is 21.7 Å². The van der Waals surface area contributed by atoms with Crippen molar-refractivity contribution in [3.05, 3.63) is 272 Å². The van der Waals surface area contributed by atoms with Crippen molar-refractivity contribution in [2.75, 3.05) is 21.7 Å². The van der Waals surface area contributed by atoms with E-state index in [0.29, 0.717) is 0 Å². The van der Waals surface area contributed by atoms with Gasteiger partial charge in [0.05, 0.1) is 5.54 Å². The molecule has 1 aliphatic rings. The summed E-state index contributed by atoms with van der Waals surface area (Å²) in [5.41, 5.74) is 29.1. The number of hydrogen-bond acceptors (Lipinski definition) is 4. The van der Waals surface area contributed by atoms with Crippen LogP contribution < -0.4 is 21.7 Å². The molecule has 0 amide bonds. The monoisotopic (exact) mass is 898 g/mol. The van der Waals surface area contributed by atoms with Gasteiger partial charge in [0.1, 0.15) is 0 Å². The summed E-state index contributed by atoms with van der Waals surface area (Å²) in [7, 11) is 0. The van der Waals surface area contributed by atoms with Gasteiger partial charge in [0.2, 0.25) is 0 Å². The van der Waals surface area contributed by atoms with Gasteiger partial charge in [-0.1, -0.05) is 212 Å². The van der Waals surface area contributed by atoms with Crippen molar-refractivity contribution < 1.29 is 0 Å². The molecule has 0 bridgehead atoms. The van der Waals surface area contributed by atoms with E-state index in [4.69, 9.17) is 11.5 Å². The molecule has 0 saturated heterocycles. The molecular formula is C66H50N4. The third-order valence-electron chi connectivity index (χ3n) is 14.1. The van der Waals surface area contributed by atoms with Crippen molar-refractivity contribution in [1.82, 2.24) is 0 Å². The van der Waals surface area contributed by atoms with Crippen LogP contribution in [0, 0.1) is 0 Å². The molecule has 1 atom stereocenters. The van der Waals surface area contributed by atoms with Crippen molar-refractivity contribution in [2.45, 2.75) is 12.0 Å². The second kappa shape index (κ2) is 17.8. The van der Waals surface area contributed by atoms with Gasteiger partial charge in [0.15, 0.2) is 0 Å². The Morgan fingerprint density at radius 2 is 0.843 bits per heavy atom. The summed E-state index contributed by atoms with van der Waals surface area (Å²) in [5.74, 6) is 0. The highest BCUT2D eigenvalue weighted by Gasteiger charge is 2.32. The molecule has 5 N–H and O–H groups in total. The second-order valence-electron chi connectivity index (χ2n) is 18.2. The summed E-state index contributed by atoms with van der Waals surface area (Å²) in [4.78, 5) is 2.37. The predicted octanol–water partition coefficient (Wildman–Crippen LogP) is 17.0. The fourth-order valence-corrected chi connectivity index (χ4v) is 10.4. The number of nitrogens with one attached hydrogen (secondary N) is 1. The number of benzene rings is 11. The van der Waals surface area contributed by atoms with Crippen LogP contribution in [0.15, 0.2) is 267 Å². The van der Waals surface area contributed by atoms with Crippen LogP contribution in [0.25, 0.3) is 76.8 Å². The molecular weight excluding hydrogens is 849 g/mol. The molecule has 0 saturated carbocycles. The largest absolute Gasteiger partial charge is 0.398 e. The first-order chi connectivity index (χ1) is 34.5. The number of nitrogen functional groups attached to an aromatic ring is 2. The first-order valence-electron chi connectivity index (χ1n) is 24.0. The number of nitrogens with two attached hydrogens (primary N) is 2. The number of rotatable bonds is 10. The zero-order chi connectivity index (χ0) is 47.0. The highest BCUT2D eigenvalue weighted by atomic mass is 15.1. The van der Waals surface area contributed by atoms with Crippen molar-refractivity contribution in [1.29, 1.82) is 0 Å². The minimum Gasteiger partial charge on any atom is -0.398 e. The lowest BCUT2D eigenvalue weighted by Gasteiger charge is -2.37. The fourth-order valence-electron chi connectivity index (χ4n) is 10.4. The van der Waals surface area contributed by atoms with Crippen LogP contribution in [0.5, 0.6) is 0 Å². The highest BCUT2D eigenvalue weighted by Crippen LogP contribution is 2.44. The van der Waals surface area contributed by atoms with Crippen LogP contribution in [0.3, 0.4) is 0 Å². The number of para-hydroxylation sites is 1. The molecule has 4 nitrogen and oxygen atoms in total. The van der Waals surface area contributed by atoms with E-state index >= 15 is 0 Å². The number of allylic oxidation sites excluding steroid dienone is 1. The second-order valence-corrected chi connectivity index (χ2v) is 18.2. The van der Waals surface area contributed by atoms with Crippen molar-refractivity contribution in [3.63, 3.8) is 0 Å². The molecule has 0 aliphatic heterocycles. The van der Waals surface area contributed by atoms with Gasteiger partial charge in [0.25, 0.3) is 0 Å². The third-order valence-corrected chi connectivity index (χ3v) is 14.1. The van der Waals surface area contributed by atoms with Crippen LogP contribution in [0.1, 0.15) is 12.0 Å². The first-order valence-corrected chi connectivity index (χ1v) is 24.0. The summed E-state index contributed by atoms with van der Waals surface area (Å²) in [6, 6.07) is 86.2. The van der Waals surface area contributed by atoms with Gasteiger partial charge in [-0.15, -0.1) is 0 Å². The maximum absolute atomic E-state index is 6.92. The number of nitrogens with zero attached hydrogens (tertiary/aromatic N) is 1. The van der Waals surface area contributed by atoms with Crippen molar-refractivity contribution in [3.8, 4) is 44.5 Å². The Labute approximate surface area is 409 Å². The lowest BCUT2D eigenvalue weighted by atomic mass is 9.81. The summed E-state index contributed by atoms with van der Waals surface area (Å²) >= 11 is 0. The van der Waals surface area contributed by atoms with Gasteiger partial charge >= 0.3 is 0 Å². The number of hydrogen-bond donors (Lipinski definition) is 3. The third kappa shape index (κ3) is 7.72.